The van der Waals surface area contributed by atoms with Gasteiger partial charge in [-0.15, -0.1) is 0 Å². The Labute approximate surface area is 157 Å². The van der Waals surface area contributed by atoms with Gasteiger partial charge < -0.3 is 4.74 Å². The van der Waals surface area contributed by atoms with Gasteiger partial charge in [-0.05, 0) is 68.1 Å². The summed E-state index contributed by atoms with van der Waals surface area (Å²) in [6.45, 7) is 3.81. The Morgan fingerprint density at radius 3 is 2.85 bits per heavy atom. The van der Waals surface area contributed by atoms with Crippen molar-refractivity contribution < 1.29 is 14.3 Å². The van der Waals surface area contributed by atoms with Crippen LogP contribution >= 0.6 is 11.3 Å². The summed E-state index contributed by atoms with van der Waals surface area (Å²) in [5.41, 5.74) is 3.17. The maximum atomic E-state index is 12.1. The SMILES string of the molecule is Cc1cc(C)c2nc(NC(=O)COC(=O)C[C@@H]3C[C@H]4CC[C@@H]3C4)sc2c1. The number of carbonyl (C=O) groups is 2. The molecule has 6 heteroatoms. The molecule has 0 spiro atoms. The molecule has 26 heavy (non-hydrogen) atoms. The number of ether oxygens (including phenoxy) is 1. The predicted molar refractivity (Wildman–Crippen MR) is 102 cm³/mol. The van der Waals surface area contributed by atoms with Crippen molar-refractivity contribution in [2.45, 2.75) is 46.0 Å². The fraction of sp³-hybridized carbons (Fsp3) is 0.550. The molecule has 4 rings (SSSR count). The molecule has 2 bridgehead atoms. The van der Waals surface area contributed by atoms with Crippen LogP contribution in [0.5, 0.6) is 0 Å². The summed E-state index contributed by atoms with van der Waals surface area (Å²) in [4.78, 5) is 28.6. The van der Waals surface area contributed by atoms with E-state index in [0.29, 0.717) is 23.4 Å². The summed E-state index contributed by atoms with van der Waals surface area (Å²) in [5.74, 6) is 1.37. The minimum absolute atomic E-state index is 0.242. The minimum atomic E-state index is -0.334. The number of benzene rings is 1. The summed E-state index contributed by atoms with van der Waals surface area (Å²) >= 11 is 1.44. The molecule has 1 amide bonds. The molecular formula is C20H24N2O3S. The molecule has 5 nitrogen and oxygen atoms in total. The number of thiazole rings is 1. The van der Waals surface area contributed by atoms with Gasteiger partial charge in [0.25, 0.3) is 5.91 Å². The fourth-order valence-corrected chi connectivity index (χ4v) is 5.68. The number of fused-ring (bicyclic) bond motifs is 3. The van der Waals surface area contributed by atoms with Gasteiger partial charge in [-0.25, -0.2) is 4.98 Å². The molecule has 2 aliphatic carbocycles. The Balaban J connectivity index is 1.28. The second-order valence-corrected chi connectivity index (χ2v) is 8.83. The van der Waals surface area contributed by atoms with Crippen LogP contribution < -0.4 is 5.32 Å². The summed E-state index contributed by atoms with van der Waals surface area (Å²) in [6, 6.07) is 4.14. The number of nitrogens with one attached hydrogen (secondary N) is 1. The maximum Gasteiger partial charge on any atom is 0.306 e. The minimum Gasteiger partial charge on any atom is -0.456 e. The number of esters is 1. The first kappa shape index (κ1) is 17.5. The zero-order chi connectivity index (χ0) is 18.3. The molecule has 2 aliphatic rings. The molecule has 138 valence electrons. The summed E-state index contributed by atoms with van der Waals surface area (Å²) in [5, 5.41) is 3.29. The molecule has 1 heterocycles. The zero-order valence-corrected chi connectivity index (χ0v) is 16.0. The van der Waals surface area contributed by atoms with E-state index in [1.165, 1.54) is 36.2 Å². The number of rotatable bonds is 5. The van der Waals surface area contributed by atoms with Crippen molar-refractivity contribution in [2.24, 2.45) is 17.8 Å². The Hall–Kier alpha value is -1.95. The molecule has 1 aromatic carbocycles. The lowest BCUT2D eigenvalue weighted by Crippen LogP contribution is -2.23. The normalized spacial score (nSPS) is 24.2. The topological polar surface area (TPSA) is 68.3 Å². The second kappa shape index (κ2) is 6.99. The van der Waals surface area contributed by atoms with Crippen molar-refractivity contribution in [3.8, 4) is 0 Å². The first-order valence-electron chi connectivity index (χ1n) is 9.31. The van der Waals surface area contributed by atoms with Crippen LogP contribution in [0, 0.1) is 31.6 Å². The van der Waals surface area contributed by atoms with Crippen molar-refractivity contribution in [2.75, 3.05) is 11.9 Å². The Bertz CT molecular complexity index is 860. The largest absolute Gasteiger partial charge is 0.456 e. The smallest absolute Gasteiger partial charge is 0.306 e. The maximum absolute atomic E-state index is 12.1. The lowest BCUT2D eigenvalue weighted by Gasteiger charge is -2.20. The van der Waals surface area contributed by atoms with Gasteiger partial charge in [-0.1, -0.05) is 23.8 Å². The van der Waals surface area contributed by atoms with Gasteiger partial charge in [0, 0.05) is 6.42 Å². The highest BCUT2D eigenvalue weighted by molar-refractivity contribution is 7.22. The third-order valence-corrected chi connectivity index (χ3v) is 6.67. The molecule has 0 radical (unpaired) electrons. The number of anilines is 1. The Kier molecular flexibility index (Phi) is 4.69. The molecule has 0 aliphatic heterocycles. The van der Waals surface area contributed by atoms with Gasteiger partial charge in [0.2, 0.25) is 0 Å². The predicted octanol–water partition coefficient (Wildman–Crippen LogP) is 4.22. The van der Waals surface area contributed by atoms with Gasteiger partial charge in [0.15, 0.2) is 11.7 Å². The number of aryl methyl sites for hydroxylation is 2. The monoisotopic (exact) mass is 372 g/mol. The van der Waals surface area contributed by atoms with E-state index in [-0.39, 0.29) is 18.5 Å². The summed E-state index contributed by atoms with van der Waals surface area (Å²) < 4.78 is 6.24. The van der Waals surface area contributed by atoms with Crippen LogP contribution in [-0.2, 0) is 14.3 Å². The van der Waals surface area contributed by atoms with Gasteiger partial charge in [-0.3, -0.25) is 14.9 Å². The highest BCUT2D eigenvalue weighted by atomic mass is 32.1. The number of aromatic nitrogens is 1. The van der Waals surface area contributed by atoms with Crippen molar-refractivity contribution in [3.05, 3.63) is 23.3 Å². The van der Waals surface area contributed by atoms with E-state index in [0.717, 1.165) is 28.1 Å². The first-order valence-corrected chi connectivity index (χ1v) is 10.1. The lowest BCUT2D eigenvalue weighted by molar-refractivity contribution is -0.148. The van der Waals surface area contributed by atoms with Crippen LogP contribution in [0.2, 0.25) is 0 Å². The standard InChI is InChI=1S/C20H24N2O3S/c1-11-5-12(2)19-16(6-11)26-20(22-19)21-17(23)10-25-18(24)9-15-8-13-3-4-14(15)7-13/h5-6,13-15H,3-4,7-10H2,1-2H3,(H,21,22,23)/t13-,14+,15-/m0/s1. The van der Waals surface area contributed by atoms with Gasteiger partial charge in [0.1, 0.15) is 0 Å². The molecule has 0 saturated heterocycles. The van der Waals surface area contributed by atoms with E-state index in [2.05, 4.69) is 22.4 Å². The molecule has 2 fully saturated rings. The lowest BCUT2D eigenvalue weighted by atomic mass is 9.86. The van der Waals surface area contributed by atoms with Crippen LogP contribution in [0.3, 0.4) is 0 Å². The van der Waals surface area contributed by atoms with Gasteiger partial charge in [-0.2, -0.15) is 0 Å². The Morgan fingerprint density at radius 1 is 1.27 bits per heavy atom. The van der Waals surface area contributed by atoms with E-state index in [1.54, 1.807) is 0 Å². The van der Waals surface area contributed by atoms with E-state index >= 15 is 0 Å². The quantitative estimate of drug-likeness (QED) is 0.798. The van der Waals surface area contributed by atoms with Crippen molar-refractivity contribution in [1.29, 1.82) is 0 Å². The number of hydrogen-bond acceptors (Lipinski definition) is 5. The second-order valence-electron chi connectivity index (χ2n) is 7.80. The fourth-order valence-electron chi connectivity index (χ4n) is 4.62. The third kappa shape index (κ3) is 3.61. The van der Waals surface area contributed by atoms with Crippen LogP contribution in [0.15, 0.2) is 12.1 Å². The van der Waals surface area contributed by atoms with Gasteiger partial charge >= 0.3 is 5.97 Å². The summed E-state index contributed by atoms with van der Waals surface area (Å²) in [7, 11) is 0. The number of hydrogen-bond donors (Lipinski definition) is 1. The van der Waals surface area contributed by atoms with Crippen LogP contribution in [-0.4, -0.2) is 23.5 Å². The van der Waals surface area contributed by atoms with Crippen molar-refractivity contribution in [1.82, 2.24) is 4.98 Å². The molecule has 1 N–H and O–H groups in total. The van der Waals surface area contributed by atoms with Crippen LogP contribution in [0.1, 0.15) is 43.2 Å². The van der Waals surface area contributed by atoms with Crippen molar-refractivity contribution >= 4 is 38.6 Å². The molecule has 2 saturated carbocycles. The molecule has 0 unspecified atom stereocenters. The zero-order valence-electron chi connectivity index (χ0n) is 15.2. The highest BCUT2D eigenvalue weighted by Crippen LogP contribution is 2.49. The highest BCUT2D eigenvalue weighted by Gasteiger charge is 2.40. The molecule has 1 aromatic heterocycles. The van der Waals surface area contributed by atoms with Crippen molar-refractivity contribution in [3.63, 3.8) is 0 Å². The third-order valence-electron chi connectivity index (χ3n) is 5.75. The van der Waals surface area contributed by atoms with E-state index in [4.69, 9.17) is 4.74 Å². The van der Waals surface area contributed by atoms with Crippen LogP contribution in [0.25, 0.3) is 10.2 Å². The molecular weight excluding hydrogens is 348 g/mol. The number of carbonyl (C=O) groups excluding carboxylic acids is 2. The van der Waals surface area contributed by atoms with E-state index in [9.17, 15) is 9.59 Å². The van der Waals surface area contributed by atoms with Gasteiger partial charge in [0.05, 0.1) is 10.2 Å². The van der Waals surface area contributed by atoms with E-state index < -0.39 is 0 Å². The number of amides is 1. The average Bonchev–Trinajstić information content (AvgIpc) is 3.28. The van der Waals surface area contributed by atoms with Crippen LogP contribution in [0.4, 0.5) is 5.13 Å². The first-order chi connectivity index (χ1) is 12.5. The molecule has 2 aromatic rings. The average molecular weight is 372 g/mol. The molecule has 3 atom stereocenters. The summed E-state index contributed by atoms with van der Waals surface area (Å²) in [6.07, 6.45) is 5.44. The van der Waals surface area contributed by atoms with E-state index in [1.807, 2.05) is 13.8 Å². The Morgan fingerprint density at radius 2 is 2.12 bits per heavy atom. The number of nitrogens with zero attached hydrogens (tertiary/aromatic N) is 1.